The van der Waals surface area contributed by atoms with Crippen LogP contribution in [0.4, 0.5) is 5.69 Å². The molecule has 23 heavy (non-hydrogen) atoms. The normalized spacial score (nSPS) is 16.1. The van der Waals surface area contributed by atoms with Gasteiger partial charge in [-0.1, -0.05) is 11.6 Å². The van der Waals surface area contributed by atoms with E-state index in [-0.39, 0.29) is 37.3 Å². The molecule has 1 aromatic carbocycles. The van der Waals surface area contributed by atoms with Crippen LogP contribution in [0.15, 0.2) is 24.3 Å². The van der Waals surface area contributed by atoms with E-state index in [4.69, 9.17) is 22.1 Å². The van der Waals surface area contributed by atoms with Gasteiger partial charge in [0, 0.05) is 30.5 Å². The van der Waals surface area contributed by atoms with Gasteiger partial charge in [-0.2, -0.15) is 0 Å². The topological polar surface area (TPSA) is 93.5 Å². The van der Waals surface area contributed by atoms with Crippen molar-refractivity contribution in [1.29, 1.82) is 0 Å². The maximum atomic E-state index is 12.3. The number of amides is 2. The molecule has 1 aliphatic heterocycles. The van der Waals surface area contributed by atoms with Crippen LogP contribution in [0.25, 0.3) is 0 Å². The molecule has 0 spiro atoms. The molecule has 0 aliphatic carbocycles. The summed E-state index contributed by atoms with van der Waals surface area (Å²) in [5, 5.41) is 5.95. The molecule has 0 atom stereocenters. The van der Waals surface area contributed by atoms with E-state index in [0.717, 1.165) is 0 Å². The van der Waals surface area contributed by atoms with E-state index in [1.807, 2.05) is 0 Å². The second kappa shape index (κ2) is 9.08. The van der Waals surface area contributed by atoms with Crippen molar-refractivity contribution in [3.63, 3.8) is 0 Å². The van der Waals surface area contributed by atoms with Gasteiger partial charge >= 0.3 is 0 Å². The summed E-state index contributed by atoms with van der Waals surface area (Å²) in [6.07, 6.45) is 1.16. The number of benzene rings is 1. The number of hydrogen-bond acceptors (Lipinski definition) is 4. The Morgan fingerprint density at radius 1 is 1.22 bits per heavy atom. The Morgan fingerprint density at radius 3 is 2.39 bits per heavy atom. The summed E-state index contributed by atoms with van der Waals surface area (Å²) in [6.45, 7) is 1.19. The Kier molecular flexibility index (Phi) is 7.78. The van der Waals surface area contributed by atoms with Crippen molar-refractivity contribution < 1.29 is 14.3 Å². The lowest BCUT2D eigenvalue weighted by Crippen LogP contribution is -2.50. The van der Waals surface area contributed by atoms with Crippen molar-refractivity contribution >= 4 is 41.5 Å². The van der Waals surface area contributed by atoms with Crippen LogP contribution in [0.3, 0.4) is 0 Å². The average Bonchev–Trinajstić information content (AvgIpc) is 2.55. The molecule has 0 saturated carbocycles. The molecular weight excluding hydrogens is 341 g/mol. The van der Waals surface area contributed by atoms with Crippen molar-refractivity contribution in [2.75, 3.05) is 31.6 Å². The van der Waals surface area contributed by atoms with Crippen molar-refractivity contribution in [3.8, 4) is 0 Å². The summed E-state index contributed by atoms with van der Waals surface area (Å²) >= 11 is 5.78. The van der Waals surface area contributed by atoms with Crippen LogP contribution in [0.1, 0.15) is 12.8 Å². The maximum absolute atomic E-state index is 12.3. The first-order valence-corrected chi connectivity index (χ1v) is 7.55. The summed E-state index contributed by atoms with van der Waals surface area (Å²) in [5.41, 5.74) is 5.76. The first kappa shape index (κ1) is 19.7. The summed E-state index contributed by atoms with van der Waals surface area (Å²) in [5.74, 6) is -0.487. The van der Waals surface area contributed by atoms with Crippen LogP contribution in [0.5, 0.6) is 0 Å². The van der Waals surface area contributed by atoms with Gasteiger partial charge < -0.3 is 21.1 Å². The van der Waals surface area contributed by atoms with E-state index in [1.54, 1.807) is 24.3 Å². The number of hydrogen-bond donors (Lipinski definition) is 3. The highest BCUT2D eigenvalue weighted by molar-refractivity contribution is 6.30. The molecule has 0 unspecified atom stereocenters. The minimum absolute atomic E-state index is 0. The van der Waals surface area contributed by atoms with E-state index in [2.05, 4.69) is 10.6 Å². The zero-order chi connectivity index (χ0) is 16.0. The average molecular weight is 362 g/mol. The van der Waals surface area contributed by atoms with Crippen LogP contribution >= 0.6 is 24.0 Å². The highest BCUT2D eigenvalue weighted by Crippen LogP contribution is 2.29. The summed E-state index contributed by atoms with van der Waals surface area (Å²) in [7, 11) is 0. The highest BCUT2D eigenvalue weighted by Gasteiger charge is 2.38. The molecule has 0 radical (unpaired) electrons. The van der Waals surface area contributed by atoms with Crippen molar-refractivity contribution in [2.45, 2.75) is 12.8 Å². The molecule has 1 fully saturated rings. The Morgan fingerprint density at radius 2 is 1.83 bits per heavy atom. The van der Waals surface area contributed by atoms with Gasteiger partial charge in [0.1, 0.15) is 0 Å². The number of carbonyl (C=O) groups excluding carboxylic acids is 2. The van der Waals surface area contributed by atoms with Gasteiger partial charge in [-0.25, -0.2) is 0 Å². The van der Waals surface area contributed by atoms with Crippen LogP contribution < -0.4 is 16.4 Å². The summed E-state index contributed by atoms with van der Waals surface area (Å²) < 4.78 is 5.27. The second-order valence-electron chi connectivity index (χ2n) is 5.33. The number of nitrogens with one attached hydrogen (secondary N) is 2. The molecule has 2 amide bonds. The summed E-state index contributed by atoms with van der Waals surface area (Å²) in [4.78, 5) is 24.2. The van der Waals surface area contributed by atoms with E-state index >= 15 is 0 Å². The van der Waals surface area contributed by atoms with Crippen LogP contribution in [0.2, 0.25) is 5.02 Å². The van der Waals surface area contributed by atoms with Gasteiger partial charge in [0.15, 0.2) is 0 Å². The highest BCUT2D eigenvalue weighted by atomic mass is 35.5. The first-order valence-electron chi connectivity index (χ1n) is 7.17. The Labute approximate surface area is 146 Å². The molecule has 4 N–H and O–H groups in total. The monoisotopic (exact) mass is 361 g/mol. The van der Waals surface area contributed by atoms with Gasteiger partial charge in [0.2, 0.25) is 11.8 Å². The molecule has 8 heteroatoms. The molecule has 0 aromatic heterocycles. The van der Waals surface area contributed by atoms with Gasteiger partial charge in [0.05, 0.1) is 12.0 Å². The number of ether oxygens (including phenoxy) is 1. The smallest absolute Gasteiger partial charge is 0.243 e. The maximum Gasteiger partial charge on any atom is 0.243 e. The third-order valence-electron chi connectivity index (χ3n) is 3.86. The van der Waals surface area contributed by atoms with E-state index in [0.29, 0.717) is 36.8 Å². The zero-order valence-electron chi connectivity index (χ0n) is 12.6. The lowest BCUT2D eigenvalue weighted by molar-refractivity contribution is -0.137. The molecule has 128 valence electrons. The fourth-order valence-electron chi connectivity index (χ4n) is 2.37. The first-order chi connectivity index (χ1) is 10.6. The predicted octanol–water partition coefficient (Wildman–Crippen LogP) is 1.57. The molecule has 1 aliphatic rings. The van der Waals surface area contributed by atoms with Crippen LogP contribution in [-0.2, 0) is 14.3 Å². The number of rotatable bonds is 5. The lowest BCUT2D eigenvalue weighted by atomic mass is 9.79. The van der Waals surface area contributed by atoms with Crippen molar-refractivity contribution in [2.24, 2.45) is 11.1 Å². The number of anilines is 1. The fourth-order valence-corrected chi connectivity index (χ4v) is 2.50. The molecule has 1 aromatic rings. The van der Waals surface area contributed by atoms with Gasteiger partial charge in [-0.15, -0.1) is 12.4 Å². The lowest BCUT2D eigenvalue weighted by Gasteiger charge is -2.34. The quantitative estimate of drug-likeness (QED) is 0.741. The molecule has 1 saturated heterocycles. The Balaban J connectivity index is 0.00000264. The minimum atomic E-state index is -0.626. The van der Waals surface area contributed by atoms with Gasteiger partial charge in [-0.3, -0.25) is 9.59 Å². The zero-order valence-corrected chi connectivity index (χ0v) is 14.2. The number of nitrogens with two attached hydrogens (primary N) is 1. The standard InChI is InChI=1S/C15H20ClN3O3.ClH/c16-11-1-3-12(4-2-11)19-13(20)9-18-14(21)15(10-17)5-7-22-8-6-15;/h1-4H,5-10,17H2,(H,18,21)(H,19,20);1H. The molecular formula is C15H21Cl2N3O3. The third-order valence-corrected chi connectivity index (χ3v) is 4.11. The van der Waals surface area contributed by atoms with E-state index < -0.39 is 5.41 Å². The van der Waals surface area contributed by atoms with Gasteiger partial charge in [0.25, 0.3) is 0 Å². The molecule has 2 rings (SSSR count). The Bertz CT molecular complexity index is 531. The van der Waals surface area contributed by atoms with E-state index in [9.17, 15) is 9.59 Å². The largest absolute Gasteiger partial charge is 0.381 e. The number of carbonyl (C=O) groups is 2. The van der Waals surface area contributed by atoms with Crippen molar-refractivity contribution in [3.05, 3.63) is 29.3 Å². The minimum Gasteiger partial charge on any atom is -0.381 e. The SMILES string of the molecule is Cl.NCC1(C(=O)NCC(=O)Nc2ccc(Cl)cc2)CCOCC1. The molecule has 1 heterocycles. The van der Waals surface area contributed by atoms with E-state index in [1.165, 1.54) is 0 Å². The van der Waals surface area contributed by atoms with Gasteiger partial charge in [-0.05, 0) is 37.1 Å². The van der Waals surface area contributed by atoms with Crippen LogP contribution in [-0.4, -0.2) is 38.1 Å². The number of halogens is 2. The fraction of sp³-hybridized carbons (Fsp3) is 0.467. The second-order valence-corrected chi connectivity index (χ2v) is 5.77. The molecule has 6 nitrogen and oxygen atoms in total. The van der Waals surface area contributed by atoms with Crippen LogP contribution in [0, 0.1) is 5.41 Å². The predicted molar refractivity (Wildman–Crippen MR) is 91.9 cm³/mol. The Hall–Kier alpha value is -1.34. The third kappa shape index (κ3) is 5.35. The molecule has 0 bridgehead atoms. The summed E-state index contributed by atoms with van der Waals surface area (Å²) in [6, 6.07) is 6.76. The van der Waals surface area contributed by atoms with Crippen molar-refractivity contribution in [1.82, 2.24) is 5.32 Å².